The van der Waals surface area contributed by atoms with Gasteiger partial charge in [-0.1, -0.05) is 0 Å². The van der Waals surface area contributed by atoms with Gasteiger partial charge in [-0.25, -0.2) is 0 Å². The molecule has 0 radical (unpaired) electrons. The average molecular weight is 444 g/mol. The molecule has 7 nitrogen and oxygen atoms in total. The van der Waals surface area contributed by atoms with Gasteiger partial charge in [-0.2, -0.15) is 13.5 Å². The Balaban J connectivity index is 0.00000272. The first-order valence-corrected chi connectivity index (χ1v) is 10.2. The number of Topliss-reactive ketones (excluding diaryl/α,β-unsaturated/α-hetero) is 1. The lowest BCUT2D eigenvalue weighted by atomic mass is 9.84. The van der Waals surface area contributed by atoms with Crippen LogP contribution in [0.3, 0.4) is 0 Å². The van der Waals surface area contributed by atoms with Gasteiger partial charge in [0, 0.05) is 55.0 Å². The molecule has 0 spiro atoms. The van der Waals surface area contributed by atoms with Crippen LogP contribution in [0.2, 0.25) is 0 Å². The minimum absolute atomic E-state index is 0. The number of rotatable bonds is 7. The summed E-state index contributed by atoms with van der Waals surface area (Å²) in [7, 11) is 1.96. The largest absolute Gasteiger partial charge is 0.494 e. The van der Waals surface area contributed by atoms with Gasteiger partial charge in [0.05, 0.1) is 48.3 Å². The van der Waals surface area contributed by atoms with Crippen LogP contribution in [0, 0.1) is 0 Å². The van der Waals surface area contributed by atoms with Crippen molar-refractivity contribution >= 4 is 30.2 Å². The van der Waals surface area contributed by atoms with Gasteiger partial charge in [0.1, 0.15) is 11.5 Å². The minimum atomic E-state index is -0.520. The third-order valence-electron chi connectivity index (χ3n) is 5.70. The number of carbonyl (C=O) groups is 1. The standard InChI is InChI=1S/C23H27N3O4.H2S/c1-4-30-17-9-20(25-22(10-17)23(13-27)5-6-29-14-23)19-12-26(3)21-11-24-16(7-15(2)28)8-18(19)21;/h8-12,27H,4-7,13-14H2,1-3H3;1H2/t23-;/m0./s1. The highest BCUT2D eigenvalue weighted by atomic mass is 32.1. The van der Waals surface area contributed by atoms with E-state index in [2.05, 4.69) is 4.98 Å². The van der Waals surface area contributed by atoms with Crippen LogP contribution >= 0.6 is 13.5 Å². The van der Waals surface area contributed by atoms with Gasteiger partial charge >= 0.3 is 0 Å². The number of pyridine rings is 2. The van der Waals surface area contributed by atoms with Crippen LogP contribution in [0.5, 0.6) is 5.75 Å². The topological polar surface area (TPSA) is 86.5 Å². The molecule has 0 aromatic carbocycles. The molecule has 3 aromatic heterocycles. The van der Waals surface area contributed by atoms with E-state index in [4.69, 9.17) is 14.5 Å². The van der Waals surface area contributed by atoms with E-state index < -0.39 is 5.41 Å². The third kappa shape index (κ3) is 4.46. The number of ketones is 1. The fourth-order valence-corrected chi connectivity index (χ4v) is 4.06. The minimum Gasteiger partial charge on any atom is -0.494 e. The van der Waals surface area contributed by atoms with Crippen LogP contribution in [0.1, 0.15) is 31.7 Å². The van der Waals surface area contributed by atoms with Crippen molar-refractivity contribution in [2.24, 2.45) is 7.05 Å². The summed E-state index contributed by atoms with van der Waals surface area (Å²) in [5.41, 5.74) is 3.66. The van der Waals surface area contributed by atoms with E-state index in [0.29, 0.717) is 38.4 Å². The molecule has 31 heavy (non-hydrogen) atoms. The number of aromatic nitrogens is 3. The van der Waals surface area contributed by atoms with Gasteiger partial charge in [-0.05, 0) is 26.3 Å². The van der Waals surface area contributed by atoms with Crippen molar-refractivity contribution in [1.29, 1.82) is 0 Å². The maximum absolute atomic E-state index is 11.6. The number of hydrogen-bond acceptors (Lipinski definition) is 6. The molecular formula is C23H29N3O4S. The van der Waals surface area contributed by atoms with Gasteiger partial charge in [0.2, 0.25) is 0 Å². The first-order valence-electron chi connectivity index (χ1n) is 10.2. The van der Waals surface area contributed by atoms with Crippen molar-refractivity contribution in [1.82, 2.24) is 14.5 Å². The molecule has 1 aliphatic heterocycles. The van der Waals surface area contributed by atoms with Crippen LogP contribution in [-0.4, -0.2) is 51.9 Å². The summed E-state index contributed by atoms with van der Waals surface area (Å²) in [4.78, 5) is 21.0. The molecule has 1 fully saturated rings. The highest BCUT2D eigenvalue weighted by Crippen LogP contribution is 2.37. The number of hydrogen-bond donors (Lipinski definition) is 1. The van der Waals surface area contributed by atoms with Crippen molar-refractivity contribution < 1.29 is 19.4 Å². The van der Waals surface area contributed by atoms with E-state index in [0.717, 1.165) is 33.5 Å². The lowest BCUT2D eigenvalue weighted by Gasteiger charge is -2.25. The fourth-order valence-electron chi connectivity index (χ4n) is 4.06. The Labute approximate surface area is 188 Å². The molecule has 0 saturated carbocycles. The Hall–Kier alpha value is -2.42. The predicted octanol–water partition coefficient (Wildman–Crippen LogP) is 2.93. The second-order valence-corrected chi connectivity index (χ2v) is 7.97. The van der Waals surface area contributed by atoms with Gasteiger partial charge < -0.3 is 19.1 Å². The molecule has 8 heteroatoms. The lowest BCUT2D eigenvalue weighted by molar-refractivity contribution is -0.116. The average Bonchev–Trinajstić information content (AvgIpc) is 3.33. The predicted molar refractivity (Wildman–Crippen MR) is 124 cm³/mol. The van der Waals surface area contributed by atoms with E-state index in [1.165, 1.54) is 0 Å². The molecule has 1 atom stereocenters. The van der Waals surface area contributed by atoms with Crippen molar-refractivity contribution in [2.75, 3.05) is 26.4 Å². The highest BCUT2D eigenvalue weighted by molar-refractivity contribution is 7.59. The Kier molecular flexibility index (Phi) is 7.03. The maximum Gasteiger partial charge on any atom is 0.135 e. The van der Waals surface area contributed by atoms with Gasteiger partial charge in [-0.3, -0.25) is 14.8 Å². The lowest BCUT2D eigenvalue weighted by Crippen LogP contribution is -2.32. The highest BCUT2D eigenvalue weighted by Gasteiger charge is 2.38. The number of aryl methyl sites for hydroxylation is 1. The summed E-state index contributed by atoms with van der Waals surface area (Å²) in [6.45, 7) is 5.05. The molecule has 0 amide bonds. The van der Waals surface area contributed by atoms with Gasteiger partial charge in [0.25, 0.3) is 0 Å². The van der Waals surface area contributed by atoms with E-state index in [-0.39, 0.29) is 25.9 Å². The maximum atomic E-state index is 11.6. The Morgan fingerprint density at radius 1 is 1.35 bits per heavy atom. The van der Waals surface area contributed by atoms with Crippen LogP contribution in [0.4, 0.5) is 0 Å². The summed E-state index contributed by atoms with van der Waals surface area (Å²) in [5.74, 6) is 0.788. The molecule has 4 rings (SSSR count). The molecule has 1 saturated heterocycles. The number of aliphatic hydroxyl groups is 1. The smallest absolute Gasteiger partial charge is 0.135 e. The zero-order valence-electron chi connectivity index (χ0n) is 18.1. The molecule has 1 aliphatic rings. The summed E-state index contributed by atoms with van der Waals surface area (Å²) < 4.78 is 13.4. The number of aliphatic hydroxyl groups excluding tert-OH is 1. The SMILES string of the molecule is CCOc1cc(-c2cn(C)c3cnc(CC(C)=O)cc23)nc([C@]2(CO)CCOC2)c1.S. The Morgan fingerprint density at radius 3 is 2.81 bits per heavy atom. The van der Waals surface area contributed by atoms with Crippen LogP contribution in [0.25, 0.3) is 22.2 Å². The van der Waals surface area contributed by atoms with Gasteiger partial charge in [0.15, 0.2) is 0 Å². The van der Waals surface area contributed by atoms with Crippen molar-refractivity contribution in [2.45, 2.75) is 32.1 Å². The van der Waals surface area contributed by atoms with Crippen LogP contribution in [0.15, 0.2) is 30.6 Å². The first kappa shape index (κ1) is 23.2. The first-order chi connectivity index (χ1) is 14.5. The second kappa shape index (κ2) is 9.38. The molecular weight excluding hydrogens is 414 g/mol. The Bertz CT molecular complexity index is 1090. The fraction of sp³-hybridized carbons (Fsp3) is 0.435. The quantitative estimate of drug-likeness (QED) is 0.604. The molecule has 3 aromatic rings. The van der Waals surface area contributed by atoms with E-state index in [9.17, 15) is 9.90 Å². The monoisotopic (exact) mass is 443 g/mol. The van der Waals surface area contributed by atoms with Crippen molar-refractivity contribution in [3.05, 3.63) is 42.0 Å². The molecule has 4 heterocycles. The van der Waals surface area contributed by atoms with Crippen LogP contribution in [-0.2, 0) is 28.4 Å². The van der Waals surface area contributed by atoms with E-state index >= 15 is 0 Å². The third-order valence-corrected chi connectivity index (χ3v) is 5.70. The number of carbonyl (C=O) groups excluding carboxylic acids is 1. The number of nitrogens with zero attached hydrogens (tertiary/aromatic N) is 3. The summed E-state index contributed by atoms with van der Waals surface area (Å²) in [6, 6.07) is 5.79. The summed E-state index contributed by atoms with van der Waals surface area (Å²) in [5, 5.41) is 11.1. The molecule has 1 N–H and O–H groups in total. The number of fused-ring (bicyclic) bond motifs is 1. The van der Waals surface area contributed by atoms with Gasteiger partial charge in [-0.15, -0.1) is 0 Å². The summed E-state index contributed by atoms with van der Waals surface area (Å²) in [6.07, 6.45) is 4.83. The zero-order chi connectivity index (χ0) is 21.3. The Morgan fingerprint density at radius 2 is 2.16 bits per heavy atom. The van der Waals surface area contributed by atoms with Crippen LogP contribution < -0.4 is 4.74 Å². The number of ether oxygens (including phenoxy) is 2. The molecule has 0 bridgehead atoms. The normalized spacial score (nSPS) is 18.2. The molecule has 0 aliphatic carbocycles. The summed E-state index contributed by atoms with van der Waals surface area (Å²) >= 11 is 0. The van der Waals surface area contributed by atoms with E-state index in [1.54, 1.807) is 13.1 Å². The zero-order valence-corrected chi connectivity index (χ0v) is 19.1. The van der Waals surface area contributed by atoms with Crippen molar-refractivity contribution in [3.8, 4) is 17.0 Å². The molecule has 166 valence electrons. The van der Waals surface area contributed by atoms with E-state index in [1.807, 2.05) is 42.9 Å². The second-order valence-electron chi connectivity index (χ2n) is 7.97. The van der Waals surface area contributed by atoms with Crippen molar-refractivity contribution in [3.63, 3.8) is 0 Å². The molecule has 0 unspecified atom stereocenters.